The van der Waals surface area contributed by atoms with Crippen LogP contribution in [0, 0.1) is 5.82 Å². The van der Waals surface area contributed by atoms with Gasteiger partial charge >= 0.3 is 0 Å². The Balaban J connectivity index is 2.34. The number of aromatic hydroxyl groups is 1. The van der Waals surface area contributed by atoms with Crippen LogP contribution >= 0.6 is 27.5 Å². The van der Waals surface area contributed by atoms with Crippen molar-refractivity contribution in [2.45, 2.75) is 19.3 Å². The van der Waals surface area contributed by atoms with Crippen LogP contribution in [-0.2, 0) is 0 Å². The summed E-state index contributed by atoms with van der Waals surface area (Å²) in [6.07, 6.45) is 4.93. The third-order valence-corrected chi connectivity index (χ3v) is 4.70. The maximum absolute atomic E-state index is 14.3. The number of phenolic OH excluding ortho intramolecular Hbond substituents is 1. The number of halogens is 3. The normalized spacial score (nSPS) is 16.9. The first-order valence-corrected chi connectivity index (χ1v) is 7.83. The molecule has 1 N–H and O–H groups in total. The molecule has 0 amide bonds. The molecule has 2 aromatic carbocycles. The average molecular weight is 368 g/mol. The van der Waals surface area contributed by atoms with Crippen LogP contribution < -0.4 is 0 Å². The van der Waals surface area contributed by atoms with Crippen molar-refractivity contribution in [1.82, 2.24) is 0 Å². The molecule has 0 bridgehead atoms. The highest BCUT2D eigenvalue weighted by Crippen LogP contribution is 2.45. The van der Waals surface area contributed by atoms with E-state index >= 15 is 0 Å². The molecule has 0 fully saturated rings. The maximum atomic E-state index is 14.3. The van der Waals surface area contributed by atoms with Crippen molar-refractivity contribution in [2.24, 2.45) is 0 Å². The van der Waals surface area contributed by atoms with Gasteiger partial charge < -0.3 is 5.11 Å². The predicted molar refractivity (Wildman–Crippen MR) is 88.3 cm³/mol. The molecule has 2 aromatic rings. The van der Waals surface area contributed by atoms with E-state index in [-0.39, 0.29) is 5.75 Å². The SMILES string of the molecule is CC1CC=Cc2c(-c3ccc(Cl)cc3F)c(O)cc(Br)c21. The Morgan fingerprint density at radius 1 is 1.33 bits per heavy atom. The van der Waals surface area contributed by atoms with Gasteiger partial charge in [-0.3, -0.25) is 0 Å². The molecular weight excluding hydrogens is 355 g/mol. The number of benzene rings is 2. The van der Waals surface area contributed by atoms with E-state index in [4.69, 9.17) is 11.6 Å². The molecule has 1 unspecified atom stereocenters. The quantitative estimate of drug-likeness (QED) is 0.642. The van der Waals surface area contributed by atoms with Gasteiger partial charge in [-0.15, -0.1) is 0 Å². The zero-order valence-electron chi connectivity index (χ0n) is 11.3. The molecule has 1 aliphatic rings. The van der Waals surface area contributed by atoms with Crippen LogP contribution in [0.2, 0.25) is 5.02 Å². The molecule has 3 rings (SSSR count). The summed E-state index contributed by atoms with van der Waals surface area (Å²) in [5.41, 5.74) is 2.84. The Morgan fingerprint density at radius 3 is 2.81 bits per heavy atom. The molecule has 1 nitrogen and oxygen atoms in total. The molecule has 0 aliphatic heterocycles. The Hall–Kier alpha value is -1.32. The highest BCUT2D eigenvalue weighted by molar-refractivity contribution is 9.10. The highest BCUT2D eigenvalue weighted by Gasteiger charge is 2.23. The van der Waals surface area contributed by atoms with Gasteiger partial charge in [-0.25, -0.2) is 4.39 Å². The number of allylic oxidation sites excluding steroid dienone is 1. The minimum atomic E-state index is -0.436. The second-order valence-electron chi connectivity index (χ2n) is 5.24. The second-order valence-corrected chi connectivity index (χ2v) is 6.53. The number of hydrogen-bond acceptors (Lipinski definition) is 1. The van der Waals surface area contributed by atoms with Crippen LogP contribution in [0.4, 0.5) is 4.39 Å². The molecule has 1 aliphatic carbocycles. The Labute approximate surface area is 136 Å². The fraction of sp³-hybridized carbons (Fsp3) is 0.176. The Bertz CT molecular complexity index is 755. The molecule has 4 heteroatoms. The molecule has 1 atom stereocenters. The summed E-state index contributed by atoms with van der Waals surface area (Å²) in [6, 6.07) is 6.14. The second kappa shape index (κ2) is 5.47. The van der Waals surface area contributed by atoms with Gasteiger partial charge in [-0.2, -0.15) is 0 Å². The van der Waals surface area contributed by atoms with E-state index in [0.29, 0.717) is 22.1 Å². The van der Waals surface area contributed by atoms with Crippen molar-refractivity contribution in [1.29, 1.82) is 0 Å². The van der Waals surface area contributed by atoms with Crippen molar-refractivity contribution in [3.63, 3.8) is 0 Å². The Morgan fingerprint density at radius 2 is 2.10 bits per heavy atom. The van der Waals surface area contributed by atoms with Crippen molar-refractivity contribution in [3.05, 3.63) is 56.8 Å². The van der Waals surface area contributed by atoms with Gasteiger partial charge in [0.1, 0.15) is 11.6 Å². The van der Waals surface area contributed by atoms with Crippen LogP contribution in [0.3, 0.4) is 0 Å². The summed E-state index contributed by atoms with van der Waals surface area (Å²) in [5.74, 6) is -0.0661. The summed E-state index contributed by atoms with van der Waals surface area (Å²) in [6.45, 7) is 2.12. The number of phenols is 1. The largest absolute Gasteiger partial charge is 0.507 e. The van der Waals surface area contributed by atoms with Gasteiger partial charge in [0.25, 0.3) is 0 Å². The van der Waals surface area contributed by atoms with Crippen LogP contribution in [0.5, 0.6) is 5.75 Å². The smallest absolute Gasteiger partial charge is 0.132 e. The van der Waals surface area contributed by atoms with Crippen LogP contribution in [-0.4, -0.2) is 5.11 Å². The van der Waals surface area contributed by atoms with Gasteiger partial charge in [0.2, 0.25) is 0 Å². The monoisotopic (exact) mass is 366 g/mol. The molecular formula is C17H13BrClFO. The molecule has 0 heterocycles. The molecule has 0 spiro atoms. The van der Waals surface area contributed by atoms with Gasteiger partial charge in [0.05, 0.1) is 0 Å². The summed E-state index contributed by atoms with van der Waals surface area (Å²) in [4.78, 5) is 0. The number of rotatable bonds is 1. The lowest BCUT2D eigenvalue weighted by Gasteiger charge is -2.23. The summed E-state index contributed by atoms with van der Waals surface area (Å²) in [5, 5.41) is 10.7. The standard InChI is InChI=1S/C17H13BrClFO/c1-9-3-2-4-12-16(9)13(18)8-15(21)17(12)11-6-5-10(19)7-14(11)20/h2,4-9,21H,3H2,1H3. The van der Waals surface area contributed by atoms with E-state index in [1.807, 2.05) is 6.08 Å². The fourth-order valence-corrected chi connectivity index (χ4v) is 3.81. The Kier molecular flexibility index (Phi) is 3.80. The van der Waals surface area contributed by atoms with E-state index in [9.17, 15) is 9.50 Å². The topological polar surface area (TPSA) is 20.2 Å². The molecule has 0 aromatic heterocycles. The van der Waals surface area contributed by atoms with Crippen LogP contribution in [0.15, 0.2) is 34.8 Å². The molecule has 0 saturated carbocycles. The minimum Gasteiger partial charge on any atom is -0.507 e. The first-order valence-electron chi connectivity index (χ1n) is 6.66. The maximum Gasteiger partial charge on any atom is 0.132 e. The lowest BCUT2D eigenvalue weighted by Crippen LogP contribution is -2.04. The van der Waals surface area contributed by atoms with Gasteiger partial charge in [-0.05, 0) is 47.7 Å². The van der Waals surface area contributed by atoms with Gasteiger partial charge in [0, 0.05) is 20.6 Å². The van der Waals surface area contributed by atoms with E-state index in [2.05, 4.69) is 28.9 Å². The van der Waals surface area contributed by atoms with Crippen molar-refractivity contribution >= 4 is 33.6 Å². The van der Waals surface area contributed by atoms with Gasteiger partial charge in [0.15, 0.2) is 0 Å². The number of hydrogen-bond donors (Lipinski definition) is 1. The minimum absolute atomic E-state index is 0.0561. The van der Waals surface area contributed by atoms with Crippen LogP contribution in [0.1, 0.15) is 30.4 Å². The summed E-state index contributed by atoms with van der Waals surface area (Å²) < 4.78 is 15.1. The molecule has 0 saturated heterocycles. The molecule has 0 radical (unpaired) electrons. The van der Waals surface area contributed by atoms with Crippen molar-refractivity contribution in [2.75, 3.05) is 0 Å². The lowest BCUT2D eigenvalue weighted by molar-refractivity contribution is 0.475. The van der Waals surface area contributed by atoms with Crippen molar-refractivity contribution < 1.29 is 9.50 Å². The average Bonchev–Trinajstić information content (AvgIpc) is 2.40. The fourth-order valence-electron chi connectivity index (χ4n) is 2.83. The zero-order valence-corrected chi connectivity index (χ0v) is 13.7. The van der Waals surface area contributed by atoms with E-state index in [1.165, 1.54) is 6.07 Å². The van der Waals surface area contributed by atoms with Gasteiger partial charge in [-0.1, -0.05) is 46.6 Å². The number of fused-ring (bicyclic) bond motifs is 1. The summed E-state index contributed by atoms with van der Waals surface area (Å²) in [7, 11) is 0. The third kappa shape index (κ3) is 2.49. The zero-order chi connectivity index (χ0) is 15.1. The molecule has 21 heavy (non-hydrogen) atoms. The van der Waals surface area contributed by atoms with Crippen LogP contribution in [0.25, 0.3) is 17.2 Å². The third-order valence-electron chi connectivity index (χ3n) is 3.80. The molecule has 108 valence electrons. The van der Waals surface area contributed by atoms with E-state index < -0.39 is 5.82 Å². The first kappa shape index (κ1) is 14.6. The van der Waals surface area contributed by atoms with E-state index in [1.54, 1.807) is 18.2 Å². The first-order chi connectivity index (χ1) is 9.99. The van der Waals surface area contributed by atoms with Crippen molar-refractivity contribution in [3.8, 4) is 16.9 Å². The lowest BCUT2D eigenvalue weighted by atomic mass is 9.83. The summed E-state index contributed by atoms with van der Waals surface area (Å²) >= 11 is 9.31. The predicted octanol–water partition coefficient (Wildman–Crippen LogP) is 6.13. The highest BCUT2D eigenvalue weighted by atomic mass is 79.9. The van der Waals surface area contributed by atoms with E-state index in [0.717, 1.165) is 22.0 Å².